The predicted molar refractivity (Wildman–Crippen MR) is 73.5 cm³/mol. The first-order valence-electron chi connectivity index (χ1n) is 5.95. The predicted octanol–water partition coefficient (Wildman–Crippen LogP) is 1.07. The van der Waals surface area contributed by atoms with Crippen LogP contribution in [0.25, 0.3) is 0 Å². The van der Waals surface area contributed by atoms with Crippen molar-refractivity contribution >= 4 is 23.3 Å². The Morgan fingerprint density at radius 1 is 1.45 bits per heavy atom. The van der Waals surface area contributed by atoms with Gasteiger partial charge in [0.15, 0.2) is 6.04 Å². The second-order valence-corrected chi connectivity index (χ2v) is 4.94. The molecule has 8 heteroatoms. The van der Waals surface area contributed by atoms with Gasteiger partial charge in [-0.05, 0) is 17.5 Å². The van der Waals surface area contributed by atoms with E-state index in [-0.39, 0.29) is 0 Å². The number of nitrogens with one attached hydrogen (secondary N) is 2. The van der Waals surface area contributed by atoms with Crippen molar-refractivity contribution in [3.8, 4) is 0 Å². The summed E-state index contributed by atoms with van der Waals surface area (Å²) >= 11 is 1.29. The van der Waals surface area contributed by atoms with E-state index in [1.807, 2.05) is 0 Å². The lowest BCUT2D eigenvalue weighted by atomic mass is 10.2. The summed E-state index contributed by atoms with van der Waals surface area (Å²) in [6.45, 7) is 0.890. The third-order valence-electron chi connectivity index (χ3n) is 2.54. The van der Waals surface area contributed by atoms with Crippen LogP contribution in [0, 0.1) is 0 Å². The van der Waals surface area contributed by atoms with Crippen LogP contribution in [0.1, 0.15) is 10.9 Å². The van der Waals surface area contributed by atoms with Gasteiger partial charge in [0, 0.05) is 23.8 Å². The molecule has 106 valence electrons. The molecule has 1 atom stereocenters. The monoisotopic (exact) mass is 294 g/mol. The normalized spacial score (nSPS) is 11.8. The van der Waals surface area contributed by atoms with Gasteiger partial charge in [-0.1, -0.05) is 6.07 Å². The van der Waals surface area contributed by atoms with E-state index in [2.05, 4.69) is 15.7 Å². The van der Waals surface area contributed by atoms with E-state index in [1.54, 1.807) is 40.7 Å². The van der Waals surface area contributed by atoms with Crippen molar-refractivity contribution in [1.29, 1.82) is 0 Å². The van der Waals surface area contributed by atoms with Crippen molar-refractivity contribution in [2.24, 2.45) is 0 Å². The highest BCUT2D eigenvalue weighted by Gasteiger charge is 2.22. The zero-order chi connectivity index (χ0) is 14.4. The van der Waals surface area contributed by atoms with Gasteiger partial charge in [0.25, 0.3) is 0 Å². The van der Waals surface area contributed by atoms with E-state index >= 15 is 0 Å². The fourth-order valence-corrected chi connectivity index (χ4v) is 2.38. The van der Waals surface area contributed by atoms with E-state index in [0.717, 1.165) is 0 Å². The second-order valence-electron chi connectivity index (χ2n) is 3.96. The van der Waals surface area contributed by atoms with Crippen molar-refractivity contribution < 1.29 is 14.7 Å². The van der Waals surface area contributed by atoms with Crippen molar-refractivity contribution in [3.63, 3.8) is 0 Å². The number of amides is 2. The number of carbonyl (C=O) groups is 2. The SMILES string of the molecule is O=C(NCCn1cccn1)NC(C(=O)O)c1cccs1. The smallest absolute Gasteiger partial charge is 0.331 e. The number of urea groups is 1. The molecule has 0 bridgehead atoms. The van der Waals surface area contributed by atoms with Crippen LogP contribution in [0.15, 0.2) is 36.0 Å². The molecule has 0 aromatic carbocycles. The van der Waals surface area contributed by atoms with Gasteiger partial charge in [0.2, 0.25) is 0 Å². The van der Waals surface area contributed by atoms with Crippen LogP contribution < -0.4 is 10.6 Å². The molecule has 2 heterocycles. The van der Waals surface area contributed by atoms with Crippen LogP contribution in [0.4, 0.5) is 4.79 Å². The van der Waals surface area contributed by atoms with E-state index in [9.17, 15) is 9.59 Å². The molecule has 2 aromatic heterocycles. The Kier molecular flexibility index (Phi) is 4.72. The van der Waals surface area contributed by atoms with Crippen molar-refractivity contribution in [3.05, 3.63) is 40.8 Å². The molecule has 1 unspecified atom stereocenters. The summed E-state index contributed by atoms with van der Waals surface area (Å²) in [5, 5.41) is 19.9. The fraction of sp³-hybridized carbons (Fsp3) is 0.250. The van der Waals surface area contributed by atoms with Gasteiger partial charge in [-0.3, -0.25) is 4.68 Å². The molecule has 0 aliphatic heterocycles. The molecule has 3 N–H and O–H groups in total. The van der Waals surface area contributed by atoms with Crippen molar-refractivity contribution in [1.82, 2.24) is 20.4 Å². The number of aromatic nitrogens is 2. The Bertz CT molecular complexity index is 553. The minimum Gasteiger partial charge on any atom is -0.479 e. The Labute approximate surface area is 119 Å². The maximum atomic E-state index is 11.7. The van der Waals surface area contributed by atoms with Crippen LogP contribution in [0.2, 0.25) is 0 Å². The third kappa shape index (κ3) is 3.82. The van der Waals surface area contributed by atoms with Gasteiger partial charge in [-0.2, -0.15) is 5.10 Å². The maximum absolute atomic E-state index is 11.7. The topological polar surface area (TPSA) is 96.3 Å². The average Bonchev–Trinajstić information content (AvgIpc) is 3.08. The highest BCUT2D eigenvalue weighted by Crippen LogP contribution is 2.18. The lowest BCUT2D eigenvalue weighted by Gasteiger charge is -2.13. The minimum atomic E-state index is -1.09. The van der Waals surface area contributed by atoms with Crippen molar-refractivity contribution in [2.75, 3.05) is 6.54 Å². The molecule has 0 spiro atoms. The molecule has 2 rings (SSSR count). The summed E-state index contributed by atoms with van der Waals surface area (Å²) in [5.74, 6) is -1.09. The number of carbonyl (C=O) groups excluding carboxylic acids is 1. The Hall–Kier alpha value is -2.35. The van der Waals surface area contributed by atoms with Crippen LogP contribution in [-0.4, -0.2) is 33.4 Å². The molecular formula is C12H14N4O3S. The number of aliphatic carboxylic acids is 1. The summed E-state index contributed by atoms with van der Waals surface area (Å²) < 4.78 is 1.67. The summed E-state index contributed by atoms with van der Waals surface area (Å²) in [4.78, 5) is 23.4. The van der Waals surface area contributed by atoms with Crippen molar-refractivity contribution in [2.45, 2.75) is 12.6 Å². The first-order chi connectivity index (χ1) is 9.66. The maximum Gasteiger partial charge on any atom is 0.331 e. The number of nitrogens with zero attached hydrogens (tertiary/aromatic N) is 2. The van der Waals surface area contributed by atoms with Crippen LogP contribution in [0.5, 0.6) is 0 Å². The molecule has 2 amide bonds. The molecule has 0 saturated carbocycles. The average molecular weight is 294 g/mol. The largest absolute Gasteiger partial charge is 0.479 e. The molecule has 0 saturated heterocycles. The Morgan fingerprint density at radius 2 is 2.30 bits per heavy atom. The number of thiophene rings is 1. The van der Waals surface area contributed by atoms with Gasteiger partial charge in [0.1, 0.15) is 0 Å². The highest BCUT2D eigenvalue weighted by atomic mass is 32.1. The van der Waals surface area contributed by atoms with E-state index in [0.29, 0.717) is 18.0 Å². The summed E-state index contributed by atoms with van der Waals surface area (Å²) in [5.41, 5.74) is 0. The lowest BCUT2D eigenvalue weighted by molar-refractivity contribution is -0.139. The molecule has 0 fully saturated rings. The summed E-state index contributed by atoms with van der Waals surface area (Å²) in [7, 11) is 0. The third-order valence-corrected chi connectivity index (χ3v) is 3.47. The van der Waals surface area contributed by atoms with Crippen LogP contribution in [-0.2, 0) is 11.3 Å². The van der Waals surface area contributed by atoms with Gasteiger partial charge in [0.05, 0.1) is 6.54 Å². The van der Waals surface area contributed by atoms with Crippen LogP contribution >= 0.6 is 11.3 Å². The van der Waals surface area contributed by atoms with Gasteiger partial charge in [-0.25, -0.2) is 9.59 Å². The van der Waals surface area contributed by atoms with E-state index in [4.69, 9.17) is 5.11 Å². The number of hydrogen-bond donors (Lipinski definition) is 3. The second kappa shape index (κ2) is 6.71. The first-order valence-corrected chi connectivity index (χ1v) is 6.83. The molecular weight excluding hydrogens is 280 g/mol. The number of carboxylic acid groups (broad SMARTS) is 1. The zero-order valence-corrected chi connectivity index (χ0v) is 11.3. The first kappa shape index (κ1) is 14.1. The minimum absolute atomic E-state index is 0.365. The van der Waals surface area contributed by atoms with E-state index < -0.39 is 18.0 Å². The van der Waals surface area contributed by atoms with Gasteiger partial charge in [-0.15, -0.1) is 11.3 Å². The van der Waals surface area contributed by atoms with Crippen LogP contribution in [0.3, 0.4) is 0 Å². The summed E-state index contributed by atoms with van der Waals surface area (Å²) in [6.07, 6.45) is 3.43. The number of carboxylic acids is 1. The summed E-state index contributed by atoms with van der Waals surface area (Å²) in [6, 6.07) is 3.66. The number of hydrogen-bond acceptors (Lipinski definition) is 4. The molecule has 0 aliphatic carbocycles. The standard InChI is InChI=1S/C12H14N4O3S/c17-11(18)10(9-3-1-8-20-9)15-12(19)13-5-7-16-6-2-4-14-16/h1-4,6,8,10H,5,7H2,(H,17,18)(H2,13,15,19). The molecule has 7 nitrogen and oxygen atoms in total. The fourth-order valence-electron chi connectivity index (χ4n) is 1.61. The number of rotatable bonds is 6. The Balaban J connectivity index is 1.81. The molecule has 0 aliphatic rings. The molecule has 0 radical (unpaired) electrons. The van der Waals surface area contributed by atoms with Gasteiger partial charge < -0.3 is 15.7 Å². The molecule has 2 aromatic rings. The quantitative estimate of drug-likeness (QED) is 0.742. The lowest BCUT2D eigenvalue weighted by Crippen LogP contribution is -2.41. The molecule has 20 heavy (non-hydrogen) atoms. The Morgan fingerprint density at radius 3 is 2.90 bits per heavy atom. The zero-order valence-electron chi connectivity index (χ0n) is 10.5. The van der Waals surface area contributed by atoms with E-state index in [1.165, 1.54) is 11.3 Å². The highest BCUT2D eigenvalue weighted by molar-refractivity contribution is 7.10. The van der Waals surface area contributed by atoms with Gasteiger partial charge >= 0.3 is 12.0 Å².